The van der Waals surface area contributed by atoms with Gasteiger partial charge in [-0.3, -0.25) is 4.79 Å². The van der Waals surface area contributed by atoms with Crippen molar-refractivity contribution in [3.8, 4) is 22.9 Å². The van der Waals surface area contributed by atoms with Crippen LogP contribution >= 0.6 is 0 Å². The van der Waals surface area contributed by atoms with Gasteiger partial charge in [0.2, 0.25) is 0 Å². The Labute approximate surface area is 183 Å². The van der Waals surface area contributed by atoms with Crippen molar-refractivity contribution in [1.82, 2.24) is 15.2 Å². The van der Waals surface area contributed by atoms with Gasteiger partial charge in [0.1, 0.15) is 11.6 Å². The molecular weight excluding hydrogens is 392 g/mol. The second-order valence-electron chi connectivity index (χ2n) is 7.63. The average Bonchev–Trinajstić information content (AvgIpc) is 2.81. The van der Waals surface area contributed by atoms with E-state index < -0.39 is 0 Å². The first-order chi connectivity index (χ1) is 15.0. The van der Waals surface area contributed by atoms with Crippen LogP contribution in [-0.2, 0) is 0 Å². The highest BCUT2D eigenvalue weighted by atomic mass is 16.5. The van der Waals surface area contributed by atoms with Gasteiger partial charge >= 0.3 is 0 Å². The maximum Gasteiger partial charge on any atom is 0.257 e. The SMILES string of the molecule is CCCNc1ncc(N2CCNCC2)c(-c2ccc(C#N)cc2OC)c1C(=O)N(C)C. The summed E-state index contributed by atoms with van der Waals surface area (Å²) >= 11 is 0. The maximum atomic E-state index is 13.4. The smallest absolute Gasteiger partial charge is 0.257 e. The van der Waals surface area contributed by atoms with Crippen LogP contribution in [0.15, 0.2) is 24.4 Å². The van der Waals surface area contributed by atoms with Crippen LogP contribution in [0.1, 0.15) is 29.3 Å². The van der Waals surface area contributed by atoms with Crippen LogP contribution in [-0.4, -0.2) is 69.7 Å². The van der Waals surface area contributed by atoms with Gasteiger partial charge in [-0.2, -0.15) is 5.26 Å². The molecule has 2 N–H and O–H groups in total. The largest absolute Gasteiger partial charge is 0.496 e. The fraction of sp³-hybridized carbons (Fsp3) is 0.435. The van der Waals surface area contributed by atoms with Crippen molar-refractivity contribution >= 4 is 17.4 Å². The highest BCUT2D eigenvalue weighted by Gasteiger charge is 2.28. The number of nitrogens with zero attached hydrogens (tertiary/aromatic N) is 4. The minimum Gasteiger partial charge on any atom is -0.496 e. The van der Waals surface area contributed by atoms with Crippen molar-refractivity contribution in [2.24, 2.45) is 0 Å². The van der Waals surface area contributed by atoms with Crippen LogP contribution < -0.4 is 20.3 Å². The topological polar surface area (TPSA) is 93.5 Å². The van der Waals surface area contributed by atoms with Gasteiger partial charge in [-0.1, -0.05) is 6.92 Å². The van der Waals surface area contributed by atoms with E-state index in [1.807, 2.05) is 12.3 Å². The first-order valence-corrected chi connectivity index (χ1v) is 10.5. The number of carbonyl (C=O) groups excluding carboxylic acids is 1. The maximum absolute atomic E-state index is 13.4. The number of pyridine rings is 1. The van der Waals surface area contributed by atoms with E-state index in [1.54, 1.807) is 38.2 Å². The summed E-state index contributed by atoms with van der Waals surface area (Å²) in [7, 11) is 5.06. The number of nitrogens with one attached hydrogen (secondary N) is 2. The summed E-state index contributed by atoms with van der Waals surface area (Å²) in [6.07, 6.45) is 2.75. The molecule has 0 bridgehead atoms. The lowest BCUT2D eigenvalue weighted by Crippen LogP contribution is -2.44. The first-order valence-electron chi connectivity index (χ1n) is 10.5. The van der Waals surface area contributed by atoms with Crippen molar-refractivity contribution in [3.05, 3.63) is 35.5 Å². The summed E-state index contributed by atoms with van der Waals surface area (Å²) in [6.45, 7) is 6.11. The highest BCUT2D eigenvalue weighted by Crippen LogP contribution is 2.42. The number of piperazine rings is 1. The molecule has 1 saturated heterocycles. The van der Waals surface area contributed by atoms with E-state index in [-0.39, 0.29) is 5.91 Å². The molecule has 0 saturated carbocycles. The van der Waals surface area contributed by atoms with Gasteiger partial charge < -0.3 is 25.2 Å². The van der Waals surface area contributed by atoms with Gasteiger partial charge in [-0.25, -0.2) is 4.98 Å². The Morgan fingerprint density at radius 3 is 2.71 bits per heavy atom. The lowest BCUT2D eigenvalue weighted by Gasteiger charge is -2.32. The number of methoxy groups -OCH3 is 1. The summed E-state index contributed by atoms with van der Waals surface area (Å²) in [6, 6.07) is 7.47. The Hall–Kier alpha value is -3.31. The predicted octanol–water partition coefficient (Wildman–Crippen LogP) is 2.56. The van der Waals surface area contributed by atoms with E-state index >= 15 is 0 Å². The zero-order chi connectivity index (χ0) is 22.4. The fourth-order valence-corrected chi connectivity index (χ4v) is 3.70. The van der Waals surface area contributed by atoms with Gasteiger partial charge in [-0.05, 0) is 24.6 Å². The van der Waals surface area contributed by atoms with E-state index in [1.165, 1.54) is 0 Å². The second-order valence-corrected chi connectivity index (χ2v) is 7.63. The molecule has 0 unspecified atom stereocenters. The molecule has 0 atom stereocenters. The Kier molecular flexibility index (Phi) is 7.32. The van der Waals surface area contributed by atoms with Crippen molar-refractivity contribution in [2.45, 2.75) is 13.3 Å². The molecule has 31 heavy (non-hydrogen) atoms. The second kappa shape index (κ2) is 10.1. The van der Waals surface area contributed by atoms with Crippen molar-refractivity contribution < 1.29 is 9.53 Å². The molecule has 0 aliphatic carbocycles. The molecule has 2 heterocycles. The summed E-state index contributed by atoms with van der Waals surface area (Å²) in [4.78, 5) is 21.9. The monoisotopic (exact) mass is 422 g/mol. The van der Waals surface area contributed by atoms with Gasteiger partial charge in [0.25, 0.3) is 5.91 Å². The lowest BCUT2D eigenvalue weighted by atomic mass is 9.95. The normalized spacial score (nSPS) is 13.5. The number of hydrogen-bond acceptors (Lipinski definition) is 7. The lowest BCUT2D eigenvalue weighted by molar-refractivity contribution is 0.0829. The molecule has 1 aromatic heterocycles. The molecule has 1 amide bonds. The zero-order valence-electron chi connectivity index (χ0n) is 18.7. The van der Waals surface area contributed by atoms with Crippen LogP contribution in [0.25, 0.3) is 11.1 Å². The number of amides is 1. The molecular formula is C23H30N6O2. The molecule has 2 aromatic rings. The molecule has 8 heteroatoms. The quantitative estimate of drug-likeness (QED) is 0.708. The van der Waals surface area contributed by atoms with Gasteiger partial charge in [0.15, 0.2) is 0 Å². The standard InChI is InChI=1S/C23H30N6O2/c1-5-8-26-22-21(23(30)28(2)3)20(17-7-6-16(14-24)13-19(17)31-4)18(15-27-22)29-11-9-25-10-12-29/h6-7,13,15,25H,5,8-12H2,1-4H3,(H,26,27). The van der Waals surface area contributed by atoms with Crippen LogP contribution in [0.5, 0.6) is 5.75 Å². The van der Waals surface area contributed by atoms with Crippen molar-refractivity contribution in [1.29, 1.82) is 5.26 Å². The summed E-state index contributed by atoms with van der Waals surface area (Å²) in [5.41, 5.74) is 3.44. The molecule has 164 valence electrons. The Morgan fingerprint density at radius 1 is 1.35 bits per heavy atom. The third kappa shape index (κ3) is 4.72. The van der Waals surface area contributed by atoms with E-state index in [4.69, 9.17) is 4.74 Å². The number of ether oxygens (including phenoxy) is 1. The van der Waals surface area contributed by atoms with Gasteiger partial charge in [0.05, 0.1) is 36.2 Å². The molecule has 8 nitrogen and oxygen atoms in total. The minimum absolute atomic E-state index is 0.135. The van der Waals surface area contributed by atoms with Crippen molar-refractivity contribution in [3.63, 3.8) is 0 Å². The van der Waals surface area contributed by atoms with Gasteiger partial charge in [0, 0.05) is 57.9 Å². The van der Waals surface area contributed by atoms with Crippen LogP contribution in [0.4, 0.5) is 11.5 Å². The Bertz CT molecular complexity index is 977. The molecule has 1 aliphatic rings. The minimum atomic E-state index is -0.135. The van der Waals surface area contributed by atoms with Crippen LogP contribution in [0.2, 0.25) is 0 Å². The molecule has 1 aromatic carbocycles. The summed E-state index contributed by atoms with van der Waals surface area (Å²) < 4.78 is 5.65. The number of anilines is 2. The van der Waals surface area contributed by atoms with E-state index in [0.29, 0.717) is 29.2 Å². The number of aromatic nitrogens is 1. The number of hydrogen-bond donors (Lipinski definition) is 2. The predicted molar refractivity (Wildman–Crippen MR) is 123 cm³/mol. The summed E-state index contributed by atoms with van der Waals surface area (Å²) in [5.74, 6) is 0.973. The Balaban J connectivity index is 2.33. The molecule has 3 rings (SSSR count). The average molecular weight is 423 g/mol. The number of carbonyl (C=O) groups is 1. The fourth-order valence-electron chi connectivity index (χ4n) is 3.70. The summed E-state index contributed by atoms with van der Waals surface area (Å²) in [5, 5.41) is 16.0. The third-order valence-corrected chi connectivity index (χ3v) is 5.28. The van der Waals surface area contributed by atoms with Crippen LogP contribution in [0, 0.1) is 11.3 Å². The molecule has 0 radical (unpaired) electrons. The van der Waals surface area contributed by atoms with E-state index in [9.17, 15) is 10.1 Å². The molecule has 1 fully saturated rings. The Morgan fingerprint density at radius 2 is 2.10 bits per heavy atom. The first kappa shape index (κ1) is 22.4. The number of benzene rings is 1. The highest BCUT2D eigenvalue weighted by molar-refractivity contribution is 6.08. The van der Waals surface area contributed by atoms with Crippen molar-refractivity contribution in [2.75, 3.05) is 64.1 Å². The van der Waals surface area contributed by atoms with Gasteiger partial charge in [-0.15, -0.1) is 0 Å². The number of nitriles is 1. The van der Waals surface area contributed by atoms with Crippen LogP contribution in [0.3, 0.4) is 0 Å². The molecule has 1 aliphatic heterocycles. The third-order valence-electron chi connectivity index (χ3n) is 5.28. The molecule has 0 spiro atoms. The van der Waals surface area contributed by atoms with E-state index in [2.05, 4.69) is 33.5 Å². The zero-order valence-corrected chi connectivity index (χ0v) is 18.7. The number of rotatable bonds is 7. The van der Waals surface area contributed by atoms with E-state index in [0.717, 1.165) is 49.4 Å².